The first kappa shape index (κ1) is 16.2. The van der Waals surface area contributed by atoms with Crippen LogP contribution in [0.15, 0.2) is 40.9 Å². The molecule has 22 heavy (non-hydrogen) atoms. The van der Waals surface area contributed by atoms with E-state index in [1.165, 1.54) is 0 Å². The molecule has 0 aliphatic carbocycles. The third-order valence-electron chi connectivity index (χ3n) is 2.80. The fourth-order valence-corrected chi connectivity index (χ4v) is 2.27. The van der Waals surface area contributed by atoms with Gasteiger partial charge in [-0.25, -0.2) is 13.1 Å². The van der Waals surface area contributed by atoms with Gasteiger partial charge in [0.25, 0.3) is 5.91 Å². The molecule has 0 aliphatic rings. The van der Waals surface area contributed by atoms with Crippen LogP contribution >= 0.6 is 0 Å². The predicted molar refractivity (Wildman–Crippen MR) is 81.7 cm³/mol. The van der Waals surface area contributed by atoms with Crippen molar-refractivity contribution in [2.75, 3.05) is 19.3 Å². The second-order valence-corrected chi connectivity index (χ2v) is 6.55. The molecule has 0 saturated carbocycles. The van der Waals surface area contributed by atoms with Crippen molar-refractivity contribution in [2.24, 2.45) is 0 Å². The highest BCUT2D eigenvalue weighted by atomic mass is 32.2. The zero-order valence-corrected chi connectivity index (χ0v) is 12.9. The SMILES string of the molecule is CS(=O)(=O)NCCCNC(=O)c1cc(-c2ccccc2)on1. The molecule has 0 spiro atoms. The van der Waals surface area contributed by atoms with Crippen LogP contribution in [0.25, 0.3) is 11.3 Å². The molecule has 2 N–H and O–H groups in total. The summed E-state index contributed by atoms with van der Waals surface area (Å²) in [7, 11) is -3.19. The van der Waals surface area contributed by atoms with E-state index in [1.54, 1.807) is 6.07 Å². The van der Waals surface area contributed by atoms with Crippen molar-refractivity contribution >= 4 is 15.9 Å². The number of amides is 1. The molecule has 0 unspecified atom stereocenters. The minimum absolute atomic E-state index is 0.190. The van der Waals surface area contributed by atoms with Gasteiger partial charge in [0.15, 0.2) is 11.5 Å². The summed E-state index contributed by atoms with van der Waals surface area (Å²) in [5, 5.41) is 6.39. The minimum atomic E-state index is -3.19. The van der Waals surface area contributed by atoms with E-state index in [-0.39, 0.29) is 18.1 Å². The molecule has 0 radical (unpaired) electrons. The number of rotatable bonds is 7. The molecule has 0 bridgehead atoms. The average molecular weight is 323 g/mol. The number of aromatic nitrogens is 1. The van der Waals surface area contributed by atoms with E-state index in [1.807, 2.05) is 30.3 Å². The van der Waals surface area contributed by atoms with Crippen LogP contribution < -0.4 is 10.0 Å². The summed E-state index contributed by atoms with van der Waals surface area (Å²) in [5.41, 5.74) is 1.03. The Morgan fingerprint density at radius 1 is 1.23 bits per heavy atom. The van der Waals surface area contributed by atoms with E-state index in [0.29, 0.717) is 18.7 Å². The Kier molecular flexibility index (Phi) is 5.29. The molecule has 0 fully saturated rings. The van der Waals surface area contributed by atoms with Gasteiger partial charge in [-0.3, -0.25) is 4.79 Å². The summed E-state index contributed by atoms with van der Waals surface area (Å²) < 4.78 is 29.2. The van der Waals surface area contributed by atoms with Crippen molar-refractivity contribution < 1.29 is 17.7 Å². The van der Waals surface area contributed by atoms with Crippen molar-refractivity contribution in [3.05, 3.63) is 42.1 Å². The van der Waals surface area contributed by atoms with Crippen LogP contribution in [-0.2, 0) is 10.0 Å². The van der Waals surface area contributed by atoms with Crippen molar-refractivity contribution in [3.63, 3.8) is 0 Å². The molecule has 1 aromatic carbocycles. The summed E-state index contributed by atoms with van der Waals surface area (Å²) in [4.78, 5) is 11.9. The van der Waals surface area contributed by atoms with Crippen molar-refractivity contribution in [1.82, 2.24) is 15.2 Å². The molecular weight excluding hydrogens is 306 g/mol. The Morgan fingerprint density at radius 2 is 1.95 bits per heavy atom. The van der Waals surface area contributed by atoms with E-state index in [0.717, 1.165) is 11.8 Å². The third kappa shape index (κ3) is 4.97. The van der Waals surface area contributed by atoms with Crippen LogP contribution in [0.3, 0.4) is 0 Å². The smallest absolute Gasteiger partial charge is 0.273 e. The van der Waals surface area contributed by atoms with E-state index >= 15 is 0 Å². The van der Waals surface area contributed by atoms with Gasteiger partial charge in [0.05, 0.1) is 6.26 Å². The molecule has 1 aromatic heterocycles. The highest BCUT2D eigenvalue weighted by Crippen LogP contribution is 2.19. The number of carbonyl (C=O) groups excluding carboxylic acids is 1. The lowest BCUT2D eigenvalue weighted by Gasteiger charge is -2.03. The molecule has 0 aliphatic heterocycles. The number of sulfonamides is 1. The van der Waals surface area contributed by atoms with E-state index < -0.39 is 10.0 Å². The van der Waals surface area contributed by atoms with Crippen molar-refractivity contribution in [3.8, 4) is 11.3 Å². The predicted octanol–water partition coefficient (Wildman–Crippen LogP) is 1.01. The molecule has 7 nitrogen and oxygen atoms in total. The maximum atomic E-state index is 11.9. The summed E-state index contributed by atoms with van der Waals surface area (Å²) in [5.74, 6) is 0.162. The Bertz CT molecular complexity index is 726. The van der Waals surface area contributed by atoms with Gasteiger partial charge in [-0.2, -0.15) is 0 Å². The highest BCUT2D eigenvalue weighted by Gasteiger charge is 2.13. The molecule has 0 saturated heterocycles. The fraction of sp³-hybridized carbons (Fsp3) is 0.286. The maximum absolute atomic E-state index is 11.9. The molecular formula is C14H17N3O4S. The van der Waals surface area contributed by atoms with Gasteiger partial charge in [-0.1, -0.05) is 35.5 Å². The Morgan fingerprint density at radius 3 is 2.64 bits per heavy atom. The first-order valence-electron chi connectivity index (χ1n) is 6.71. The summed E-state index contributed by atoms with van der Waals surface area (Å²) in [6, 6.07) is 10.9. The van der Waals surface area contributed by atoms with Crippen LogP contribution in [0.4, 0.5) is 0 Å². The van der Waals surface area contributed by atoms with Gasteiger partial charge in [-0.05, 0) is 6.42 Å². The zero-order chi connectivity index (χ0) is 16.0. The molecule has 2 rings (SSSR count). The number of nitrogens with one attached hydrogen (secondary N) is 2. The summed E-state index contributed by atoms with van der Waals surface area (Å²) in [6.07, 6.45) is 1.58. The fourth-order valence-electron chi connectivity index (χ4n) is 1.76. The van der Waals surface area contributed by atoms with Crippen molar-refractivity contribution in [1.29, 1.82) is 0 Å². The van der Waals surface area contributed by atoms with Crippen LogP contribution in [-0.4, -0.2) is 38.8 Å². The molecule has 1 amide bonds. The molecule has 2 aromatic rings. The topological polar surface area (TPSA) is 101 Å². The maximum Gasteiger partial charge on any atom is 0.273 e. The quantitative estimate of drug-likeness (QED) is 0.741. The molecule has 118 valence electrons. The second kappa shape index (κ2) is 7.19. The lowest BCUT2D eigenvalue weighted by molar-refractivity contribution is 0.0944. The van der Waals surface area contributed by atoms with Gasteiger partial charge >= 0.3 is 0 Å². The number of benzene rings is 1. The first-order chi connectivity index (χ1) is 10.5. The van der Waals surface area contributed by atoms with Gasteiger partial charge in [0.1, 0.15) is 0 Å². The second-order valence-electron chi connectivity index (χ2n) is 4.72. The van der Waals surface area contributed by atoms with Gasteiger partial charge in [0.2, 0.25) is 10.0 Å². The lowest BCUT2D eigenvalue weighted by Crippen LogP contribution is -2.29. The standard InChI is InChI=1S/C14H17N3O4S/c1-22(19,20)16-9-5-8-15-14(18)12-10-13(21-17-12)11-6-3-2-4-7-11/h2-4,6-7,10,16H,5,8-9H2,1H3,(H,15,18). The number of hydrogen-bond donors (Lipinski definition) is 2. The summed E-state index contributed by atoms with van der Waals surface area (Å²) in [6.45, 7) is 0.613. The summed E-state index contributed by atoms with van der Waals surface area (Å²) >= 11 is 0. The van der Waals surface area contributed by atoms with Crippen LogP contribution in [0.2, 0.25) is 0 Å². The lowest BCUT2D eigenvalue weighted by atomic mass is 10.1. The Balaban J connectivity index is 1.82. The third-order valence-corrected chi connectivity index (χ3v) is 3.53. The van der Waals surface area contributed by atoms with Crippen LogP contribution in [0.1, 0.15) is 16.9 Å². The van der Waals surface area contributed by atoms with Gasteiger partial charge < -0.3 is 9.84 Å². The van der Waals surface area contributed by atoms with Gasteiger partial charge in [-0.15, -0.1) is 0 Å². The van der Waals surface area contributed by atoms with E-state index in [9.17, 15) is 13.2 Å². The van der Waals surface area contributed by atoms with E-state index in [4.69, 9.17) is 4.52 Å². The van der Waals surface area contributed by atoms with Crippen LogP contribution in [0.5, 0.6) is 0 Å². The Hall–Kier alpha value is -2.19. The van der Waals surface area contributed by atoms with E-state index in [2.05, 4.69) is 15.2 Å². The first-order valence-corrected chi connectivity index (χ1v) is 8.60. The molecule has 1 heterocycles. The highest BCUT2D eigenvalue weighted by molar-refractivity contribution is 7.88. The van der Waals surface area contributed by atoms with Gasteiger partial charge in [0, 0.05) is 24.7 Å². The average Bonchev–Trinajstić information content (AvgIpc) is 2.96. The normalized spacial score (nSPS) is 11.3. The monoisotopic (exact) mass is 323 g/mol. The Labute approximate surface area is 128 Å². The number of nitrogens with zero attached hydrogens (tertiary/aromatic N) is 1. The van der Waals surface area contributed by atoms with Crippen molar-refractivity contribution in [2.45, 2.75) is 6.42 Å². The number of carbonyl (C=O) groups is 1. The molecule has 0 atom stereocenters. The minimum Gasteiger partial charge on any atom is -0.355 e. The molecule has 8 heteroatoms. The van der Waals surface area contributed by atoms with Crippen LogP contribution in [0, 0.1) is 0 Å². The zero-order valence-electron chi connectivity index (χ0n) is 12.1. The largest absolute Gasteiger partial charge is 0.355 e. The number of hydrogen-bond acceptors (Lipinski definition) is 5.